The number of non-ortho nitro benzene ring substituents is 1. The van der Waals surface area contributed by atoms with Crippen LogP contribution in [0.3, 0.4) is 0 Å². The van der Waals surface area contributed by atoms with Crippen LogP contribution in [0, 0.1) is 16.0 Å². The van der Waals surface area contributed by atoms with Gasteiger partial charge in [-0.15, -0.1) is 18.2 Å². The number of rotatable bonds is 7. The van der Waals surface area contributed by atoms with E-state index in [1.165, 1.54) is 18.2 Å². The van der Waals surface area contributed by atoms with Crippen LogP contribution in [0.25, 0.3) is 0 Å². The van der Waals surface area contributed by atoms with Gasteiger partial charge in [-0.1, -0.05) is 24.6 Å². The number of aliphatic hydroxyl groups excluding tert-OH is 1. The molecule has 0 aromatic heterocycles. The van der Waals surface area contributed by atoms with Gasteiger partial charge in [-0.3, -0.25) is 10.1 Å². The lowest BCUT2D eigenvalue weighted by molar-refractivity contribution is -0.384. The van der Waals surface area contributed by atoms with E-state index >= 15 is 0 Å². The number of hydrogen-bond donors (Lipinski definition) is 2. The maximum atomic E-state index is 10.9. The molecular formula is C18H22ClN3O3. The summed E-state index contributed by atoms with van der Waals surface area (Å²) in [6.45, 7) is 7.78. The minimum Gasteiger partial charge on any atom is -0.368 e. The Hall–Kier alpha value is -2.18. The van der Waals surface area contributed by atoms with Crippen LogP contribution in [0.5, 0.6) is 0 Å². The molecule has 2 N–H and O–H groups in total. The zero-order valence-electron chi connectivity index (χ0n) is 14.3. The number of nitro benzene ring substituents is 1. The van der Waals surface area contributed by atoms with Gasteiger partial charge in [-0.05, 0) is 25.3 Å². The quantitative estimate of drug-likeness (QED) is 0.321. The van der Waals surface area contributed by atoms with Crippen LogP contribution in [0.2, 0.25) is 0 Å². The van der Waals surface area contributed by atoms with Gasteiger partial charge >= 0.3 is 0 Å². The Bertz CT molecular complexity index is 730. The molecule has 6 nitrogen and oxygen atoms in total. The highest BCUT2D eigenvalue weighted by molar-refractivity contribution is 6.22. The van der Waals surface area contributed by atoms with Crippen molar-refractivity contribution in [2.75, 3.05) is 5.32 Å². The number of benzene rings is 1. The molecule has 25 heavy (non-hydrogen) atoms. The van der Waals surface area contributed by atoms with Gasteiger partial charge in [0, 0.05) is 24.1 Å². The summed E-state index contributed by atoms with van der Waals surface area (Å²) in [5, 5.41) is 24.0. The van der Waals surface area contributed by atoms with Crippen LogP contribution >= 0.6 is 11.6 Å². The van der Waals surface area contributed by atoms with Crippen molar-refractivity contribution >= 4 is 28.8 Å². The summed E-state index contributed by atoms with van der Waals surface area (Å²) in [4.78, 5) is 14.7. The number of allylic oxidation sites excluding steroid dienone is 2. The molecule has 0 spiro atoms. The number of nitrogens with one attached hydrogen (secondary N) is 1. The lowest BCUT2D eigenvalue weighted by Crippen LogP contribution is -2.21. The van der Waals surface area contributed by atoms with Crippen LogP contribution in [0.4, 0.5) is 11.4 Å². The molecule has 1 heterocycles. The van der Waals surface area contributed by atoms with Crippen molar-refractivity contribution in [3.63, 3.8) is 0 Å². The molecule has 0 saturated heterocycles. The Labute approximate surface area is 152 Å². The third kappa shape index (κ3) is 4.67. The summed E-state index contributed by atoms with van der Waals surface area (Å²) >= 11 is 6.39. The SMILES string of the molecule is C=CC(CC)C(Cl)/C=C(\C)CC1=NC(O)c2ccc([N+](=O)[O-])cc2N1. The van der Waals surface area contributed by atoms with Crippen LogP contribution in [-0.4, -0.2) is 21.2 Å². The highest BCUT2D eigenvalue weighted by Crippen LogP contribution is 2.32. The number of nitrogens with zero attached hydrogens (tertiary/aromatic N) is 2. The first kappa shape index (κ1) is 19.1. The van der Waals surface area contributed by atoms with Gasteiger partial charge in [0.25, 0.3) is 5.69 Å². The summed E-state index contributed by atoms with van der Waals surface area (Å²) in [5.74, 6) is 0.733. The maximum absolute atomic E-state index is 10.9. The molecule has 0 bridgehead atoms. The third-order valence-electron chi connectivity index (χ3n) is 4.16. The fourth-order valence-electron chi connectivity index (χ4n) is 2.73. The van der Waals surface area contributed by atoms with Crippen LogP contribution in [-0.2, 0) is 0 Å². The van der Waals surface area contributed by atoms with Crippen LogP contribution < -0.4 is 5.32 Å². The van der Waals surface area contributed by atoms with Crippen molar-refractivity contribution in [1.82, 2.24) is 0 Å². The summed E-state index contributed by atoms with van der Waals surface area (Å²) < 4.78 is 0. The first-order valence-electron chi connectivity index (χ1n) is 8.09. The number of fused-ring (bicyclic) bond motifs is 1. The second-order valence-corrected chi connectivity index (χ2v) is 6.55. The molecule has 0 aliphatic carbocycles. The van der Waals surface area contributed by atoms with Gasteiger partial charge in [-0.2, -0.15) is 0 Å². The fourth-order valence-corrected chi connectivity index (χ4v) is 3.22. The highest BCUT2D eigenvalue weighted by atomic mass is 35.5. The molecule has 1 aliphatic rings. The fraction of sp³-hybridized carbons (Fsp3) is 0.389. The summed E-state index contributed by atoms with van der Waals surface area (Å²) in [5.41, 5.74) is 1.97. The van der Waals surface area contributed by atoms with E-state index in [-0.39, 0.29) is 17.0 Å². The van der Waals surface area contributed by atoms with Gasteiger partial charge in [0.15, 0.2) is 6.23 Å². The van der Waals surface area contributed by atoms with Gasteiger partial charge in [0.1, 0.15) is 5.84 Å². The molecule has 0 radical (unpaired) electrons. The van der Waals surface area contributed by atoms with Crippen molar-refractivity contribution < 1.29 is 10.0 Å². The van der Waals surface area contributed by atoms with E-state index < -0.39 is 11.2 Å². The Morgan fingerprint density at radius 3 is 2.92 bits per heavy atom. The molecule has 0 fully saturated rings. The normalized spacial score (nSPS) is 19.3. The molecule has 0 saturated carbocycles. The number of anilines is 1. The average molecular weight is 364 g/mol. The Morgan fingerprint density at radius 1 is 1.60 bits per heavy atom. The maximum Gasteiger partial charge on any atom is 0.271 e. The van der Waals surface area contributed by atoms with Gasteiger partial charge < -0.3 is 10.4 Å². The number of hydrogen-bond acceptors (Lipinski definition) is 5. The summed E-state index contributed by atoms with van der Waals surface area (Å²) in [6, 6.07) is 4.27. The number of aliphatic imine (C=N–C) groups is 1. The number of nitro groups is 1. The molecule has 7 heteroatoms. The zero-order valence-corrected chi connectivity index (χ0v) is 15.0. The molecule has 1 aliphatic heterocycles. The molecule has 1 aromatic carbocycles. The number of halogens is 1. The third-order valence-corrected chi connectivity index (χ3v) is 4.61. The van der Waals surface area contributed by atoms with Crippen molar-refractivity contribution in [2.24, 2.45) is 10.9 Å². The minimum absolute atomic E-state index is 0.0374. The molecule has 2 rings (SSSR count). The van der Waals surface area contributed by atoms with Gasteiger partial charge in [0.05, 0.1) is 16.0 Å². The van der Waals surface area contributed by atoms with E-state index in [1.807, 2.05) is 19.1 Å². The summed E-state index contributed by atoms with van der Waals surface area (Å²) in [6.07, 6.45) is 4.13. The Kier molecular flexibility index (Phi) is 6.33. The molecule has 3 atom stereocenters. The first-order valence-corrected chi connectivity index (χ1v) is 8.53. The van der Waals surface area contributed by atoms with E-state index in [0.717, 1.165) is 12.0 Å². The lowest BCUT2D eigenvalue weighted by atomic mass is 9.99. The Morgan fingerprint density at radius 2 is 2.32 bits per heavy atom. The second-order valence-electron chi connectivity index (χ2n) is 6.05. The van der Waals surface area contributed by atoms with E-state index in [4.69, 9.17) is 11.6 Å². The predicted octanol–water partition coefficient (Wildman–Crippen LogP) is 4.57. The van der Waals surface area contributed by atoms with Crippen molar-refractivity contribution in [3.8, 4) is 0 Å². The predicted molar refractivity (Wildman–Crippen MR) is 101 cm³/mol. The monoisotopic (exact) mass is 363 g/mol. The highest BCUT2D eigenvalue weighted by Gasteiger charge is 2.22. The largest absolute Gasteiger partial charge is 0.368 e. The van der Waals surface area contributed by atoms with Crippen LogP contribution in [0.15, 0.2) is 47.5 Å². The van der Waals surface area contributed by atoms with E-state index in [2.05, 4.69) is 23.8 Å². The standard InChI is InChI=1S/C18H22ClN3O3/c1-4-12(5-2)15(19)8-11(3)9-17-20-16-10-13(22(24)25)6-7-14(16)18(23)21-17/h4,6-8,10,12,15,18,23H,1,5,9H2,2-3H3,(H,20,21)/b11-8+. The van der Waals surface area contributed by atoms with E-state index in [1.54, 1.807) is 0 Å². The first-order chi connectivity index (χ1) is 11.8. The molecule has 3 unspecified atom stereocenters. The molecule has 1 aromatic rings. The zero-order chi connectivity index (χ0) is 18.6. The number of amidine groups is 1. The average Bonchev–Trinajstić information content (AvgIpc) is 2.55. The van der Waals surface area contributed by atoms with Gasteiger partial charge in [-0.25, -0.2) is 4.99 Å². The number of alkyl halides is 1. The lowest BCUT2D eigenvalue weighted by Gasteiger charge is -2.22. The topological polar surface area (TPSA) is 87.8 Å². The van der Waals surface area contributed by atoms with E-state index in [0.29, 0.717) is 23.5 Å². The van der Waals surface area contributed by atoms with E-state index in [9.17, 15) is 15.2 Å². The molecule has 0 amide bonds. The number of aliphatic hydroxyl groups is 1. The Balaban J connectivity index is 2.15. The van der Waals surface area contributed by atoms with Gasteiger partial charge in [0.2, 0.25) is 0 Å². The van der Waals surface area contributed by atoms with Crippen LogP contribution in [0.1, 0.15) is 38.5 Å². The van der Waals surface area contributed by atoms with Crippen molar-refractivity contribution in [1.29, 1.82) is 0 Å². The molecule has 134 valence electrons. The van der Waals surface area contributed by atoms with Crippen molar-refractivity contribution in [2.45, 2.75) is 38.3 Å². The minimum atomic E-state index is -1.04. The molecular weight excluding hydrogens is 342 g/mol. The summed E-state index contributed by atoms with van der Waals surface area (Å²) in [7, 11) is 0. The second kappa shape index (κ2) is 8.27. The van der Waals surface area contributed by atoms with Crippen molar-refractivity contribution in [3.05, 3.63) is 58.2 Å². The smallest absolute Gasteiger partial charge is 0.271 e.